The van der Waals surface area contributed by atoms with Crippen molar-refractivity contribution in [2.75, 3.05) is 6.54 Å². The van der Waals surface area contributed by atoms with E-state index in [1.165, 1.54) is 11.1 Å². The molecule has 1 aliphatic rings. The summed E-state index contributed by atoms with van der Waals surface area (Å²) < 4.78 is 0. The highest BCUT2D eigenvalue weighted by Crippen LogP contribution is 2.19. The Morgan fingerprint density at radius 3 is 2.77 bits per heavy atom. The standard InChI is InChI=1S/C18H19ClN2O/c1-13-6-2-4-8-16(13)18-10-15(22-21-18)12-20-11-14-7-3-5-9-17(14)19/h2-9,15,20H,10-12H2,1H3/t15-/m1/s1. The molecule has 2 aromatic rings. The molecule has 0 spiro atoms. The smallest absolute Gasteiger partial charge is 0.145 e. The summed E-state index contributed by atoms with van der Waals surface area (Å²) in [6.07, 6.45) is 0.914. The molecule has 3 nitrogen and oxygen atoms in total. The molecule has 0 amide bonds. The van der Waals surface area contributed by atoms with E-state index in [9.17, 15) is 0 Å². The summed E-state index contributed by atoms with van der Waals surface area (Å²) in [5.74, 6) is 0. The number of benzene rings is 2. The summed E-state index contributed by atoms with van der Waals surface area (Å²) in [4.78, 5) is 5.54. The molecule has 0 unspecified atom stereocenters. The van der Waals surface area contributed by atoms with Crippen molar-refractivity contribution in [1.29, 1.82) is 0 Å². The molecule has 22 heavy (non-hydrogen) atoms. The molecule has 0 bridgehead atoms. The van der Waals surface area contributed by atoms with Crippen LogP contribution in [-0.4, -0.2) is 18.4 Å². The molecular weight excluding hydrogens is 296 g/mol. The SMILES string of the molecule is Cc1ccccc1C1=NO[C@@H](CNCc2ccccc2Cl)C1. The third kappa shape index (κ3) is 3.49. The van der Waals surface area contributed by atoms with Gasteiger partial charge in [-0.1, -0.05) is 59.2 Å². The van der Waals surface area contributed by atoms with Gasteiger partial charge in [0, 0.05) is 30.1 Å². The van der Waals surface area contributed by atoms with Crippen LogP contribution < -0.4 is 5.32 Å². The highest BCUT2D eigenvalue weighted by atomic mass is 35.5. The molecule has 1 atom stereocenters. The van der Waals surface area contributed by atoms with Gasteiger partial charge in [-0.05, 0) is 24.1 Å². The minimum absolute atomic E-state index is 0.0806. The number of hydrogen-bond donors (Lipinski definition) is 1. The molecule has 1 heterocycles. The highest BCUT2D eigenvalue weighted by molar-refractivity contribution is 6.31. The molecule has 0 saturated heterocycles. The minimum atomic E-state index is 0.0806. The summed E-state index contributed by atoms with van der Waals surface area (Å²) in [5.41, 5.74) is 4.54. The molecule has 0 aromatic heterocycles. The molecule has 1 N–H and O–H groups in total. The summed E-state index contributed by atoms with van der Waals surface area (Å²) in [6, 6.07) is 16.1. The summed E-state index contributed by atoms with van der Waals surface area (Å²) in [7, 11) is 0. The zero-order valence-electron chi connectivity index (χ0n) is 12.6. The number of aryl methyl sites for hydroxylation is 1. The quantitative estimate of drug-likeness (QED) is 0.907. The van der Waals surface area contributed by atoms with Gasteiger partial charge in [0.1, 0.15) is 6.10 Å². The number of hydrogen-bond acceptors (Lipinski definition) is 3. The Labute approximate surface area is 135 Å². The first-order valence-corrected chi connectivity index (χ1v) is 7.84. The Hall–Kier alpha value is -1.84. The van der Waals surface area contributed by atoms with Crippen LogP contribution in [0, 0.1) is 6.92 Å². The molecule has 2 aromatic carbocycles. The third-order valence-electron chi connectivity index (χ3n) is 3.83. The topological polar surface area (TPSA) is 33.6 Å². The summed E-state index contributed by atoms with van der Waals surface area (Å²) >= 11 is 6.15. The van der Waals surface area contributed by atoms with E-state index in [0.717, 1.165) is 35.8 Å². The van der Waals surface area contributed by atoms with Crippen molar-refractivity contribution in [2.24, 2.45) is 5.16 Å². The monoisotopic (exact) mass is 314 g/mol. The molecule has 3 rings (SSSR count). The van der Waals surface area contributed by atoms with Crippen molar-refractivity contribution in [3.63, 3.8) is 0 Å². The van der Waals surface area contributed by atoms with Crippen LogP contribution in [0.4, 0.5) is 0 Å². The lowest BCUT2D eigenvalue weighted by Crippen LogP contribution is -2.26. The van der Waals surface area contributed by atoms with Crippen LogP contribution in [0.15, 0.2) is 53.7 Å². The Bertz CT molecular complexity index is 684. The summed E-state index contributed by atoms with van der Waals surface area (Å²) in [6.45, 7) is 3.59. The second-order valence-electron chi connectivity index (χ2n) is 5.51. The third-order valence-corrected chi connectivity index (χ3v) is 4.20. The lowest BCUT2D eigenvalue weighted by Gasteiger charge is -2.10. The molecule has 0 saturated carbocycles. The fourth-order valence-electron chi connectivity index (χ4n) is 2.60. The van der Waals surface area contributed by atoms with Crippen LogP contribution in [0.25, 0.3) is 0 Å². The van der Waals surface area contributed by atoms with Crippen LogP contribution >= 0.6 is 11.6 Å². The molecule has 0 radical (unpaired) electrons. The van der Waals surface area contributed by atoms with Crippen molar-refractivity contribution in [2.45, 2.75) is 26.0 Å². The van der Waals surface area contributed by atoms with Crippen LogP contribution in [0.2, 0.25) is 5.02 Å². The second kappa shape index (κ2) is 6.95. The molecule has 0 fully saturated rings. The van der Waals surface area contributed by atoms with Crippen LogP contribution in [-0.2, 0) is 11.4 Å². The maximum absolute atomic E-state index is 6.15. The zero-order valence-corrected chi connectivity index (χ0v) is 13.3. The Morgan fingerprint density at radius 1 is 1.18 bits per heavy atom. The minimum Gasteiger partial charge on any atom is -0.390 e. The second-order valence-corrected chi connectivity index (χ2v) is 5.91. The first-order chi connectivity index (χ1) is 10.7. The molecule has 4 heteroatoms. The summed E-state index contributed by atoms with van der Waals surface area (Å²) in [5, 5.41) is 8.42. The fourth-order valence-corrected chi connectivity index (χ4v) is 2.81. The highest BCUT2D eigenvalue weighted by Gasteiger charge is 2.22. The van der Waals surface area contributed by atoms with Crippen molar-refractivity contribution < 1.29 is 4.84 Å². The first-order valence-electron chi connectivity index (χ1n) is 7.47. The van der Waals surface area contributed by atoms with Gasteiger partial charge in [0.25, 0.3) is 0 Å². The van der Waals surface area contributed by atoms with E-state index in [0.29, 0.717) is 0 Å². The molecular formula is C18H19ClN2O. The van der Waals surface area contributed by atoms with E-state index in [-0.39, 0.29) is 6.10 Å². The number of rotatable bonds is 5. The Kier molecular flexibility index (Phi) is 4.76. The fraction of sp³-hybridized carbons (Fsp3) is 0.278. The Morgan fingerprint density at radius 2 is 1.95 bits per heavy atom. The van der Waals surface area contributed by atoms with Crippen LogP contribution in [0.1, 0.15) is 23.1 Å². The Balaban J connectivity index is 1.51. The van der Waals surface area contributed by atoms with Gasteiger partial charge in [-0.15, -0.1) is 0 Å². The van der Waals surface area contributed by atoms with Gasteiger partial charge >= 0.3 is 0 Å². The lowest BCUT2D eigenvalue weighted by atomic mass is 10.0. The predicted octanol–water partition coefficient (Wildman–Crippen LogP) is 3.93. The zero-order chi connectivity index (χ0) is 15.4. The van der Waals surface area contributed by atoms with Crippen molar-refractivity contribution >= 4 is 17.3 Å². The number of nitrogens with zero attached hydrogens (tertiary/aromatic N) is 1. The largest absolute Gasteiger partial charge is 0.390 e. The number of halogens is 1. The van der Waals surface area contributed by atoms with Gasteiger partial charge in [0.2, 0.25) is 0 Å². The predicted molar refractivity (Wildman–Crippen MR) is 90.4 cm³/mol. The molecule has 114 valence electrons. The molecule has 1 aliphatic heterocycles. The number of nitrogens with one attached hydrogen (secondary N) is 1. The van der Waals surface area contributed by atoms with E-state index in [1.807, 2.05) is 36.4 Å². The average Bonchev–Trinajstić information content (AvgIpc) is 2.98. The number of oxime groups is 1. The lowest BCUT2D eigenvalue weighted by molar-refractivity contribution is 0.0848. The average molecular weight is 315 g/mol. The van der Waals surface area contributed by atoms with E-state index in [4.69, 9.17) is 16.4 Å². The van der Waals surface area contributed by atoms with E-state index in [1.54, 1.807) is 0 Å². The van der Waals surface area contributed by atoms with Crippen molar-refractivity contribution in [3.8, 4) is 0 Å². The van der Waals surface area contributed by atoms with Crippen LogP contribution in [0.3, 0.4) is 0 Å². The maximum atomic E-state index is 6.15. The van der Waals surface area contributed by atoms with Gasteiger partial charge in [0.15, 0.2) is 0 Å². The van der Waals surface area contributed by atoms with Gasteiger partial charge in [-0.3, -0.25) is 0 Å². The van der Waals surface area contributed by atoms with Gasteiger partial charge in [-0.25, -0.2) is 0 Å². The van der Waals surface area contributed by atoms with E-state index >= 15 is 0 Å². The van der Waals surface area contributed by atoms with Gasteiger partial charge in [-0.2, -0.15) is 0 Å². The van der Waals surface area contributed by atoms with Gasteiger partial charge < -0.3 is 10.2 Å². The van der Waals surface area contributed by atoms with Gasteiger partial charge in [0.05, 0.1) is 5.71 Å². The van der Waals surface area contributed by atoms with Crippen molar-refractivity contribution in [1.82, 2.24) is 5.32 Å². The van der Waals surface area contributed by atoms with Crippen LogP contribution in [0.5, 0.6) is 0 Å². The van der Waals surface area contributed by atoms with Crippen molar-refractivity contribution in [3.05, 3.63) is 70.2 Å². The first kappa shape index (κ1) is 15.1. The normalized spacial score (nSPS) is 17.2. The van der Waals surface area contributed by atoms with E-state index < -0.39 is 0 Å². The van der Waals surface area contributed by atoms with E-state index in [2.05, 4.69) is 29.5 Å². The molecule has 0 aliphatic carbocycles. The maximum Gasteiger partial charge on any atom is 0.145 e.